The van der Waals surface area contributed by atoms with Crippen molar-refractivity contribution in [2.24, 2.45) is 5.73 Å². The molecule has 1 atom stereocenters. The third-order valence-electron chi connectivity index (χ3n) is 2.50. The number of carbonyl (C=O) groups excluding carboxylic acids is 1. The molecule has 88 valence electrons. The van der Waals surface area contributed by atoms with E-state index in [1.54, 1.807) is 26.3 Å². The Balaban J connectivity index is 2.95. The molecule has 1 heterocycles. The fourth-order valence-electron chi connectivity index (χ4n) is 1.62. The molecule has 0 aliphatic carbocycles. The first-order valence-corrected chi connectivity index (χ1v) is 5.34. The van der Waals surface area contributed by atoms with Crippen LogP contribution in [-0.4, -0.2) is 23.4 Å². The highest BCUT2D eigenvalue weighted by Crippen LogP contribution is 2.18. The molecule has 4 heteroatoms. The van der Waals surface area contributed by atoms with Gasteiger partial charge in [-0.15, -0.1) is 0 Å². The number of carbonyl (C=O) groups is 1. The largest absolute Gasteiger partial charge is 0.495 e. The van der Waals surface area contributed by atoms with Crippen molar-refractivity contribution in [2.45, 2.75) is 32.2 Å². The Hall–Kier alpha value is -1.42. The zero-order valence-electron chi connectivity index (χ0n) is 9.99. The van der Waals surface area contributed by atoms with Gasteiger partial charge in [-0.3, -0.25) is 9.78 Å². The summed E-state index contributed by atoms with van der Waals surface area (Å²) < 4.78 is 5.02. The van der Waals surface area contributed by atoms with Crippen LogP contribution in [0.15, 0.2) is 18.5 Å². The standard InChI is InChI=1S/C12H18N2O2/c1-4-5-12(2,13)11(15)9-6-10(16-3)8-14-7-9/h6-8H,4-5,13H2,1-3H3. The molecule has 1 unspecified atom stereocenters. The van der Waals surface area contributed by atoms with Crippen molar-refractivity contribution < 1.29 is 9.53 Å². The highest BCUT2D eigenvalue weighted by atomic mass is 16.5. The van der Waals surface area contributed by atoms with Crippen molar-refractivity contribution in [3.05, 3.63) is 24.0 Å². The molecule has 1 rings (SSSR count). The number of nitrogens with two attached hydrogens (primary N) is 1. The highest BCUT2D eigenvalue weighted by molar-refractivity contribution is 6.02. The Bertz CT molecular complexity index is 375. The lowest BCUT2D eigenvalue weighted by Crippen LogP contribution is -2.44. The maximum absolute atomic E-state index is 12.1. The van der Waals surface area contributed by atoms with E-state index in [9.17, 15) is 4.79 Å². The lowest BCUT2D eigenvalue weighted by molar-refractivity contribution is 0.0892. The van der Waals surface area contributed by atoms with Crippen LogP contribution >= 0.6 is 0 Å². The van der Waals surface area contributed by atoms with Crippen molar-refractivity contribution >= 4 is 5.78 Å². The van der Waals surface area contributed by atoms with Crippen LogP contribution in [-0.2, 0) is 0 Å². The molecule has 16 heavy (non-hydrogen) atoms. The average Bonchev–Trinajstić information content (AvgIpc) is 2.28. The van der Waals surface area contributed by atoms with Crippen LogP contribution in [0.5, 0.6) is 5.75 Å². The summed E-state index contributed by atoms with van der Waals surface area (Å²) in [5.74, 6) is 0.471. The van der Waals surface area contributed by atoms with Gasteiger partial charge in [0.05, 0.1) is 18.8 Å². The SMILES string of the molecule is CCCC(C)(N)C(=O)c1cncc(OC)c1. The second-order valence-electron chi connectivity index (χ2n) is 4.11. The van der Waals surface area contributed by atoms with Crippen LogP contribution in [0, 0.1) is 0 Å². The fourth-order valence-corrected chi connectivity index (χ4v) is 1.62. The topological polar surface area (TPSA) is 65.2 Å². The third kappa shape index (κ3) is 2.79. The molecule has 0 fully saturated rings. The number of rotatable bonds is 5. The van der Waals surface area contributed by atoms with Crippen LogP contribution in [0.1, 0.15) is 37.0 Å². The van der Waals surface area contributed by atoms with Gasteiger partial charge in [0.25, 0.3) is 0 Å². The van der Waals surface area contributed by atoms with E-state index in [1.807, 2.05) is 6.92 Å². The van der Waals surface area contributed by atoms with Gasteiger partial charge in [0.1, 0.15) is 5.75 Å². The Morgan fingerprint density at radius 2 is 2.25 bits per heavy atom. The normalized spacial score (nSPS) is 14.2. The maximum Gasteiger partial charge on any atom is 0.184 e. The minimum atomic E-state index is -0.831. The van der Waals surface area contributed by atoms with Gasteiger partial charge in [0.15, 0.2) is 5.78 Å². The van der Waals surface area contributed by atoms with Gasteiger partial charge in [-0.1, -0.05) is 13.3 Å². The van der Waals surface area contributed by atoms with E-state index >= 15 is 0 Å². The van der Waals surface area contributed by atoms with E-state index in [0.29, 0.717) is 17.7 Å². The van der Waals surface area contributed by atoms with Gasteiger partial charge >= 0.3 is 0 Å². The molecule has 1 aromatic rings. The quantitative estimate of drug-likeness (QED) is 0.771. The number of ketones is 1. The third-order valence-corrected chi connectivity index (χ3v) is 2.50. The molecule has 0 aliphatic heterocycles. The van der Waals surface area contributed by atoms with Crippen LogP contribution in [0.3, 0.4) is 0 Å². The smallest absolute Gasteiger partial charge is 0.184 e. The molecule has 0 spiro atoms. The molecule has 0 amide bonds. The van der Waals surface area contributed by atoms with E-state index in [0.717, 1.165) is 6.42 Å². The second kappa shape index (κ2) is 5.07. The van der Waals surface area contributed by atoms with Crippen LogP contribution < -0.4 is 10.5 Å². The molecular formula is C12H18N2O2. The summed E-state index contributed by atoms with van der Waals surface area (Å²) in [5.41, 5.74) is 5.64. The molecule has 0 saturated carbocycles. The summed E-state index contributed by atoms with van der Waals surface area (Å²) in [6.45, 7) is 3.75. The number of ether oxygens (including phenoxy) is 1. The zero-order chi connectivity index (χ0) is 12.2. The molecule has 0 saturated heterocycles. The van der Waals surface area contributed by atoms with Crippen LogP contribution in [0.25, 0.3) is 0 Å². The number of hydrogen-bond donors (Lipinski definition) is 1. The molecule has 0 bridgehead atoms. The van der Waals surface area contributed by atoms with Crippen molar-refractivity contribution in [1.29, 1.82) is 0 Å². The van der Waals surface area contributed by atoms with Crippen molar-refractivity contribution in [2.75, 3.05) is 7.11 Å². The number of aromatic nitrogens is 1. The lowest BCUT2D eigenvalue weighted by atomic mass is 9.89. The maximum atomic E-state index is 12.1. The molecule has 0 radical (unpaired) electrons. The lowest BCUT2D eigenvalue weighted by Gasteiger charge is -2.22. The van der Waals surface area contributed by atoms with Crippen molar-refractivity contribution in [1.82, 2.24) is 4.98 Å². The number of nitrogens with zero attached hydrogens (tertiary/aromatic N) is 1. The molecule has 0 aliphatic rings. The number of Topliss-reactive ketones (excluding diaryl/α,β-unsaturated/α-hetero) is 1. The number of hydrogen-bond acceptors (Lipinski definition) is 4. The average molecular weight is 222 g/mol. The summed E-state index contributed by atoms with van der Waals surface area (Å²) >= 11 is 0. The van der Waals surface area contributed by atoms with Gasteiger partial charge < -0.3 is 10.5 Å². The molecule has 2 N–H and O–H groups in total. The first kappa shape index (κ1) is 12.6. The number of methoxy groups -OCH3 is 1. The Labute approximate surface area is 95.8 Å². The van der Waals surface area contributed by atoms with Crippen molar-refractivity contribution in [3.8, 4) is 5.75 Å². The Kier molecular flexibility index (Phi) is 4.01. The van der Waals surface area contributed by atoms with Gasteiger partial charge in [-0.25, -0.2) is 0 Å². The molecule has 1 aromatic heterocycles. The Morgan fingerprint density at radius 1 is 1.56 bits per heavy atom. The predicted octanol–water partition coefficient (Wildman–Crippen LogP) is 1.79. The zero-order valence-corrected chi connectivity index (χ0v) is 9.99. The molecular weight excluding hydrogens is 204 g/mol. The van der Waals surface area contributed by atoms with E-state index in [2.05, 4.69) is 4.98 Å². The summed E-state index contributed by atoms with van der Waals surface area (Å²) in [4.78, 5) is 16.1. The van der Waals surface area contributed by atoms with Gasteiger partial charge in [0, 0.05) is 11.8 Å². The van der Waals surface area contributed by atoms with E-state index in [-0.39, 0.29) is 5.78 Å². The molecule has 4 nitrogen and oxygen atoms in total. The summed E-state index contributed by atoms with van der Waals surface area (Å²) in [6, 6.07) is 1.66. The minimum absolute atomic E-state index is 0.0965. The van der Waals surface area contributed by atoms with Crippen molar-refractivity contribution in [3.63, 3.8) is 0 Å². The van der Waals surface area contributed by atoms with Gasteiger partial charge in [-0.05, 0) is 19.4 Å². The first-order valence-electron chi connectivity index (χ1n) is 5.34. The van der Waals surface area contributed by atoms with E-state index in [4.69, 9.17) is 10.5 Å². The number of pyridine rings is 1. The van der Waals surface area contributed by atoms with Gasteiger partial charge in [0.2, 0.25) is 0 Å². The predicted molar refractivity (Wildman–Crippen MR) is 62.6 cm³/mol. The monoisotopic (exact) mass is 222 g/mol. The van der Waals surface area contributed by atoms with E-state index in [1.165, 1.54) is 6.20 Å². The summed E-state index contributed by atoms with van der Waals surface area (Å²) in [5, 5.41) is 0. The Morgan fingerprint density at radius 3 is 2.81 bits per heavy atom. The summed E-state index contributed by atoms with van der Waals surface area (Å²) in [6.07, 6.45) is 4.61. The minimum Gasteiger partial charge on any atom is -0.495 e. The highest BCUT2D eigenvalue weighted by Gasteiger charge is 2.28. The fraction of sp³-hybridized carbons (Fsp3) is 0.500. The van der Waals surface area contributed by atoms with E-state index < -0.39 is 5.54 Å². The second-order valence-corrected chi connectivity index (χ2v) is 4.11. The summed E-state index contributed by atoms with van der Waals surface area (Å²) in [7, 11) is 1.54. The van der Waals surface area contributed by atoms with Crippen LogP contribution in [0.4, 0.5) is 0 Å². The van der Waals surface area contributed by atoms with Gasteiger partial charge in [-0.2, -0.15) is 0 Å². The molecule has 0 aromatic carbocycles. The van der Waals surface area contributed by atoms with Crippen LogP contribution in [0.2, 0.25) is 0 Å². The first-order chi connectivity index (χ1) is 7.51.